The Morgan fingerprint density at radius 2 is 2.10 bits per heavy atom. The Hall–Kier alpha value is -2.21. The monoisotopic (exact) mass is 300 g/mol. The fourth-order valence-electron chi connectivity index (χ4n) is 2.51. The van der Waals surface area contributed by atoms with Crippen LogP contribution in [0, 0.1) is 6.92 Å². The Morgan fingerprint density at radius 1 is 1.33 bits per heavy atom. The lowest BCUT2D eigenvalue weighted by atomic mass is 10.0. The molecule has 0 bridgehead atoms. The first-order valence-electron chi connectivity index (χ1n) is 6.70. The number of nitrogens with one attached hydrogen (secondary N) is 1. The highest BCUT2D eigenvalue weighted by Crippen LogP contribution is 2.14. The van der Waals surface area contributed by atoms with Crippen LogP contribution in [0.1, 0.15) is 17.0 Å². The number of nitrogens with two attached hydrogens (primary N) is 1. The second-order valence-corrected chi connectivity index (χ2v) is 5.43. The van der Waals surface area contributed by atoms with Crippen LogP contribution < -0.4 is 11.2 Å². The van der Waals surface area contributed by atoms with Crippen LogP contribution in [0.4, 0.5) is 5.82 Å². The van der Waals surface area contributed by atoms with Crippen molar-refractivity contribution in [3.8, 4) is 0 Å². The maximum atomic E-state index is 12.6. The minimum Gasteiger partial charge on any atom is -0.383 e. The summed E-state index contributed by atoms with van der Waals surface area (Å²) in [5.74, 6) is 0.498. The van der Waals surface area contributed by atoms with Crippen LogP contribution in [0.25, 0.3) is 10.9 Å². The van der Waals surface area contributed by atoms with Crippen LogP contribution >= 0.6 is 12.8 Å². The molecule has 1 aromatic carbocycles. The van der Waals surface area contributed by atoms with Crippen molar-refractivity contribution in [3.63, 3.8) is 0 Å². The molecule has 0 aliphatic rings. The first-order chi connectivity index (χ1) is 10.1. The summed E-state index contributed by atoms with van der Waals surface area (Å²) in [5.41, 5.74) is 9.17. The molecule has 0 saturated heterocycles. The van der Waals surface area contributed by atoms with Crippen molar-refractivity contribution in [1.29, 1.82) is 0 Å². The Balaban J connectivity index is 1.95. The predicted octanol–water partition coefficient (Wildman–Crippen LogP) is 2.09. The van der Waals surface area contributed by atoms with E-state index in [4.69, 9.17) is 5.73 Å². The summed E-state index contributed by atoms with van der Waals surface area (Å²) in [4.78, 5) is 15.8. The highest BCUT2D eigenvalue weighted by molar-refractivity contribution is 7.78. The number of para-hydroxylation sites is 1. The fourth-order valence-corrected chi connectivity index (χ4v) is 2.69. The van der Waals surface area contributed by atoms with Crippen molar-refractivity contribution in [2.45, 2.75) is 19.8 Å². The lowest BCUT2D eigenvalue weighted by Crippen LogP contribution is -2.14. The van der Waals surface area contributed by atoms with Crippen LogP contribution in [0.15, 0.2) is 35.1 Å². The van der Waals surface area contributed by atoms with Crippen molar-refractivity contribution >= 4 is 29.5 Å². The molecule has 0 fully saturated rings. The smallest absolute Gasteiger partial charge is 0.192 e. The third-order valence-electron chi connectivity index (χ3n) is 3.62. The summed E-state index contributed by atoms with van der Waals surface area (Å²) in [7, 11) is 0. The number of nitrogens with zero attached hydrogens (tertiary/aromatic N) is 2. The SMILES string of the molecule is Cc1[nH]c2ccccc2c(=O)c1CCc1cc(N)n(S)n1. The molecule has 108 valence electrons. The Morgan fingerprint density at radius 3 is 2.81 bits per heavy atom. The van der Waals surface area contributed by atoms with E-state index in [2.05, 4.69) is 22.9 Å². The van der Waals surface area contributed by atoms with Gasteiger partial charge in [-0.3, -0.25) is 4.79 Å². The molecule has 0 radical (unpaired) electrons. The van der Waals surface area contributed by atoms with Gasteiger partial charge in [-0.1, -0.05) is 12.1 Å². The van der Waals surface area contributed by atoms with Gasteiger partial charge in [0.25, 0.3) is 0 Å². The summed E-state index contributed by atoms with van der Waals surface area (Å²) in [6, 6.07) is 9.32. The average molecular weight is 300 g/mol. The van der Waals surface area contributed by atoms with Gasteiger partial charge < -0.3 is 10.7 Å². The molecule has 2 aromatic heterocycles. The maximum Gasteiger partial charge on any atom is 0.192 e. The number of pyridine rings is 1. The number of benzene rings is 1. The van der Waals surface area contributed by atoms with Gasteiger partial charge in [0.2, 0.25) is 0 Å². The van der Waals surface area contributed by atoms with E-state index in [1.54, 1.807) is 6.07 Å². The molecule has 0 saturated carbocycles. The molecule has 5 nitrogen and oxygen atoms in total. The molecule has 0 spiro atoms. The van der Waals surface area contributed by atoms with E-state index < -0.39 is 0 Å². The zero-order valence-electron chi connectivity index (χ0n) is 11.6. The number of thiol groups is 1. The molecule has 6 heteroatoms. The van der Waals surface area contributed by atoms with Crippen molar-refractivity contribution in [2.24, 2.45) is 0 Å². The molecule has 0 amide bonds. The van der Waals surface area contributed by atoms with E-state index in [0.29, 0.717) is 18.7 Å². The van der Waals surface area contributed by atoms with Gasteiger partial charge in [0.1, 0.15) is 5.82 Å². The van der Waals surface area contributed by atoms with Crippen molar-refractivity contribution in [1.82, 2.24) is 14.2 Å². The summed E-state index contributed by atoms with van der Waals surface area (Å²) >= 11 is 4.10. The fraction of sp³-hybridized carbons (Fsp3) is 0.200. The zero-order valence-corrected chi connectivity index (χ0v) is 12.5. The number of H-pyrrole nitrogens is 1. The second kappa shape index (κ2) is 5.29. The van der Waals surface area contributed by atoms with Gasteiger partial charge >= 0.3 is 0 Å². The molecule has 0 unspecified atom stereocenters. The lowest BCUT2D eigenvalue weighted by Gasteiger charge is -2.07. The van der Waals surface area contributed by atoms with E-state index in [-0.39, 0.29) is 5.43 Å². The number of hydrogen-bond acceptors (Lipinski definition) is 4. The summed E-state index contributed by atoms with van der Waals surface area (Å²) in [6.45, 7) is 1.93. The molecule has 2 heterocycles. The molecule has 3 rings (SSSR count). The molecule has 3 aromatic rings. The topological polar surface area (TPSA) is 76.7 Å². The third kappa shape index (κ3) is 2.54. The maximum absolute atomic E-state index is 12.6. The highest BCUT2D eigenvalue weighted by atomic mass is 32.1. The van der Waals surface area contributed by atoms with Gasteiger partial charge in [-0.15, -0.1) is 0 Å². The Kier molecular flexibility index (Phi) is 3.47. The number of hydrogen-bond donors (Lipinski definition) is 3. The van der Waals surface area contributed by atoms with E-state index in [0.717, 1.165) is 27.9 Å². The second-order valence-electron chi connectivity index (χ2n) is 5.05. The number of aryl methyl sites for hydroxylation is 2. The van der Waals surface area contributed by atoms with Gasteiger partial charge in [-0.05, 0) is 44.7 Å². The molecular formula is C15H16N4OS. The average Bonchev–Trinajstić information content (AvgIpc) is 2.77. The number of fused-ring (bicyclic) bond motifs is 1. The number of aromatic nitrogens is 3. The van der Waals surface area contributed by atoms with Gasteiger partial charge in [0.05, 0.1) is 5.69 Å². The van der Waals surface area contributed by atoms with Crippen molar-refractivity contribution < 1.29 is 0 Å². The van der Waals surface area contributed by atoms with Crippen LogP contribution in [-0.4, -0.2) is 14.2 Å². The van der Waals surface area contributed by atoms with E-state index in [1.165, 1.54) is 4.09 Å². The molecule has 21 heavy (non-hydrogen) atoms. The third-order valence-corrected chi connectivity index (χ3v) is 3.94. The normalized spacial score (nSPS) is 11.1. The lowest BCUT2D eigenvalue weighted by molar-refractivity contribution is 0.864. The Bertz CT molecular complexity index is 846. The number of rotatable bonds is 3. The number of anilines is 1. The van der Waals surface area contributed by atoms with Crippen LogP contribution in [0.5, 0.6) is 0 Å². The van der Waals surface area contributed by atoms with Gasteiger partial charge in [-0.2, -0.15) is 9.19 Å². The van der Waals surface area contributed by atoms with Crippen LogP contribution in [0.2, 0.25) is 0 Å². The van der Waals surface area contributed by atoms with Gasteiger partial charge in [-0.25, -0.2) is 0 Å². The van der Waals surface area contributed by atoms with Gasteiger partial charge in [0.15, 0.2) is 5.43 Å². The van der Waals surface area contributed by atoms with Gasteiger partial charge in [0, 0.05) is 28.2 Å². The molecule has 0 aliphatic carbocycles. The van der Waals surface area contributed by atoms with Crippen LogP contribution in [0.3, 0.4) is 0 Å². The minimum absolute atomic E-state index is 0.0835. The molecule has 3 N–H and O–H groups in total. The van der Waals surface area contributed by atoms with E-state index in [1.807, 2.05) is 31.2 Å². The largest absolute Gasteiger partial charge is 0.383 e. The molecule has 0 aliphatic heterocycles. The van der Waals surface area contributed by atoms with Crippen LogP contribution in [-0.2, 0) is 12.8 Å². The number of nitrogen functional groups attached to an aromatic ring is 1. The zero-order chi connectivity index (χ0) is 15.0. The Labute approximate surface area is 127 Å². The molecular weight excluding hydrogens is 284 g/mol. The van der Waals surface area contributed by atoms with E-state index >= 15 is 0 Å². The van der Waals surface area contributed by atoms with Crippen molar-refractivity contribution in [3.05, 3.63) is 57.5 Å². The first kappa shape index (κ1) is 13.8. The van der Waals surface area contributed by atoms with E-state index in [9.17, 15) is 4.79 Å². The highest BCUT2D eigenvalue weighted by Gasteiger charge is 2.10. The molecule has 0 atom stereocenters. The summed E-state index contributed by atoms with van der Waals surface area (Å²) in [6.07, 6.45) is 1.27. The standard InChI is InChI=1S/C15H16N4OS/c1-9-11(7-6-10-8-14(16)19(21)18-10)15(20)12-4-2-3-5-13(12)17-9/h2-5,8,21H,6-7,16H2,1H3,(H,17,20). The summed E-state index contributed by atoms with van der Waals surface area (Å²) in [5, 5.41) is 4.91. The quantitative estimate of drug-likeness (QED) is 0.648. The van der Waals surface area contributed by atoms with Crippen molar-refractivity contribution in [2.75, 3.05) is 5.73 Å². The number of aromatic amines is 1. The summed E-state index contributed by atoms with van der Waals surface area (Å²) < 4.78 is 1.34. The predicted molar refractivity (Wildman–Crippen MR) is 87.7 cm³/mol. The first-order valence-corrected chi connectivity index (χ1v) is 7.10. The minimum atomic E-state index is 0.0835.